The van der Waals surface area contributed by atoms with Gasteiger partial charge in [-0.15, -0.1) is 0 Å². The largest absolute Gasteiger partial charge is 0.466 e. The van der Waals surface area contributed by atoms with Gasteiger partial charge in [-0.1, -0.05) is 30.3 Å². The molecule has 1 aliphatic rings. The van der Waals surface area contributed by atoms with Crippen LogP contribution in [0.1, 0.15) is 25.3 Å². The molecule has 1 heterocycles. The smallest absolute Gasteiger partial charge is 0.309 e. The van der Waals surface area contributed by atoms with Crippen LogP contribution in [0, 0.1) is 5.92 Å². The van der Waals surface area contributed by atoms with Crippen molar-refractivity contribution < 1.29 is 14.3 Å². The van der Waals surface area contributed by atoms with Crippen LogP contribution in [0.2, 0.25) is 0 Å². The Morgan fingerprint density at radius 2 is 1.91 bits per heavy atom. The zero-order valence-electron chi connectivity index (χ0n) is 13.0. The molecule has 2 rings (SSSR count). The topological polar surface area (TPSA) is 72.6 Å². The highest BCUT2D eigenvalue weighted by atomic mass is 16.5. The highest BCUT2D eigenvalue weighted by Crippen LogP contribution is 2.19. The molecule has 22 heavy (non-hydrogen) atoms. The van der Waals surface area contributed by atoms with Gasteiger partial charge in [0.2, 0.25) is 5.91 Å². The lowest BCUT2D eigenvalue weighted by Crippen LogP contribution is -2.48. The maximum Gasteiger partial charge on any atom is 0.309 e. The third-order valence-corrected chi connectivity index (χ3v) is 4.04. The lowest BCUT2D eigenvalue weighted by Gasteiger charge is -2.32. The van der Waals surface area contributed by atoms with Gasteiger partial charge < -0.3 is 15.4 Å². The standard InChI is InChI=1S/C17H24N2O3/c1-2-22-17(21)14-8-10-19(11-9-14)16(20)15(18)12-13-6-4-3-5-7-13/h3-7,14-15H,2,8-12,18H2,1H3. The molecule has 1 aromatic carbocycles. The number of hydrogen-bond donors (Lipinski definition) is 1. The van der Waals surface area contributed by atoms with Crippen molar-refractivity contribution >= 4 is 11.9 Å². The van der Waals surface area contributed by atoms with E-state index in [1.807, 2.05) is 30.3 Å². The fourth-order valence-corrected chi connectivity index (χ4v) is 2.79. The average Bonchev–Trinajstić information content (AvgIpc) is 2.55. The molecule has 5 nitrogen and oxygen atoms in total. The van der Waals surface area contributed by atoms with E-state index in [1.54, 1.807) is 11.8 Å². The lowest BCUT2D eigenvalue weighted by molar-refractivity contribution is -0.151. The highest BCUT2D eigenvalue weighted by Gasteiger charge is 2.30. The quantitative estimate of drug-likeness (QED) is 0.834. The lowest BCUT2D eigenvalue weighted by atomic mass is 9.96. The van der Waals surface area contributed by atoms with Crippen molar-refractivity contribution in [3.8, 4) is 0 Å². The van der Waals surface area contributed by atoms with E-state index in [2.05, 4.69) is 0 Å². The van der Waals surface area contributed by atoms with Crippen LogP contribution < -0.4 is 5.73 Å². The predicted molar refractivity (Wildman–Crippen MR) is 84.1 cm³/mol. The van der Waals surface area contributed by atoms with Crippen molar-refractivity contribution in [2.45, 2.75) is 32.2 Å². The third-order valence-electron chi connectivity index (χ3n) is 4.04. The first-order valence-corrected chi connectivity index (χ1v) is 7.86. The number of likely N-dealkylation sites (tertiary alicyclic amines) is 1. The molecule has 1 saturated heterocycles. The number of carbonyl (C=O) groups excluding carboxylic acids is 2. The number of nitrogens with zero attached hydrogens (tertiary/aromatic N) is 1. The van der Waals surface area contributed by atoms with Gasteiger partial charge in [0.25, 0.3) is 0 Å². The normalized spacial score (nSPS) is 17.1. The summed E-state index contributed by atoms with van der Waals surface area (Å²) in [5.41, 5.74) is 7.10. The van der Waals surface area contributed by atoms with Gasteiger partial charge in [-0.2, -0.15) is 0 Å². The van der Waals surface area contributed by atoms with E-state index in [1.165, 1.54) is 0 Å². The second-order valence-corrected chi connectivity index (χ2v) is 5.65. The summed E-state index contributed by atoms with van der Waals surface area (Å²) in [7, 11) is 0. The number of rotatable bonds is 5. The van der Waals surface area contributed by atoms with Gasteiger partial charge in [-0.05, 0) is 31.7 Å². The van der Waals surface area contributed by atoms with E-state index in [0.717, 1.165) is 5.56 Å². The molecule has 1 aliphatic heterocycles. The number of hydrogen-bond acceptors (Lipinski definition) is 4. The molecular weight excluding hydrogens is 280 g/mol. The monoisotopic (exact) mass is 304 g/mol. The molecular formula is C17H24N2O3. The predicted octanol–water partition coefficient (Wildman–Crippen LogP) is 1.36. The van der Waals surface area contributed by atoms with Crippen LogP contribution in [0.25, 0.3) is 0 Å². The van der Waals surface area contributed by atoms with Gasteiger partial charge in [0, 0.05) is 13.1 Å². The minimum Gasteiger partial charge on any atom is -0.466 e. The van der Waals surface area contributed by atoms with Crippen LogP contribution in [-0.2, 0) is 20.7 Å². The zero-order chi connectivity index (χ0) is 15.9. The first-order chi connectivity index (χ1) is 10.6. The van der Waals surface area contributed by atoms with Crippen molar-refractivity contribution in [1.82, 2.24) is 4.90 Å². The van der Waals surface area contributed by atoms with Crippen LogP contribution >= 0.6 is 0 Å². The Hall–Kier alpha value is -1.88. The molecule has 0 saturated carbocycles. The molecule has 1 unspecified atom stereocenters. The summed E-state index contributed by atoms with van der Waals surface area (Å²) >= 11 is 0. The number of esters is 1. The highest BCUT2D eigenvalue weighted by molar-refractivity contribution is 5.82. The fourth-order valence-electron chi connectivity index (χ4n) is 2.79. The van der Waals surface area contributed by atoms with Crippen LogP contribution in [0.3, 0.4) is 0 Å². The van der Waals surface area contributed by atoms with Crippen LogP contribution in [-0.4, -0.2) is 42.5 Å². The van der Waals surface area contributed by atoms with Crippen LogP contribution in [0.15, 0.2) is 30.3 Å². The Morgan fingerprint density at radius 3 is 2.50 bits per heavy atom. The van der Waals surface area contributed by atoms with Crippen molar-refractivity contribution in [1.29, 1.82) is 0 Å². The van der Waals surface area contributed by atoms with Gasteiger partial charge in [0.05, 0.1) is 18.6 Å². The summed E-state index contributed by atoms with van der Waals surface area (Å²) in [4.78, 5) is 25.9. The SMILES string of the molecule is CCOC(=O)C1CCN(C(=O)C(N)Cc2ccccc2)CC1. The van der Waals surface area contributed by atoms with Gasteiger partial charge in [0.1, 0.15) is 0 Å². The summed E-state index contributed by atoms with van der Waals surface area (Å²) in [6.45, 7) is 3.36. The Bertz CT molecular complexity index is 496. The van der Waals surface area contributed by atoms with Gasteiger partial charge in [0.15, 0.2) is 0 Å². The number of ether oxygens (including phenoxy) is 1. The number of carbonyl (C=O) groups is 2. The molecule has 0 radical (unpaired) electrons. The number of piperidine rings is 1. The molecule has 1 aromatic rings. The molecule has 0 aliphatic carbocycles. The van der Waals surface area contributed by atoms with Gasteiger partial charge >= 0.3 is 5.97 Å². The first kappa shape index (κ1) is 16.5. The average molecular weight is 304 g/mol. The number of amides is 1. The molecule has 0 spiro atoms. The van der Waals surface area contributed by atoms with Crippen molar-refractivity contribution in [3.05, 3.63) is 35.9 Å². The maximum atomic E-state index is 12.4. The van der Waals surface area contributed by atoms with E-state index < -0.39 is 6.04 Å². The van der Waals surface area contributed by atoms with Crippen molar-refractivity contribution in [3.63, 3.8) is 0 Å². The van der Waals surface area contributed by atoms with E-state index in [4.69, 9.17) is 10.5 Å². The van der Waals surface area contributed by atoms with Gasteiger partial charge in [-0.3, -0.25) is 9.59 Å². The Morgan fingerprint density at radius 1 is 1.27 bits per heavy atom. The van der Waals surface area contributed by atoms with Gasteiger partial charge in [-0.25, -0.2) is 0 Å². The maximum absolute atomic E-state index is 12.4. The van der Waals surface area contributed by atoms with Crippen molar-refractivity contribution in [2.75, 3.05) is 19.7 Å². The summed E-state index contributed by atoms with van der Waals surface area (Å²) in [5.74, 6) is -0.274. The van der Waals surface area contributed by atoms with Crippen LogP contribution in [0.5, 0.6) is 0 Å². The minimum atomic E-state index is -0.526. The van der Waals surface area contributed by atoms with E-state index in [0.29, 0.717) is 39.0 Å². The summed E-state index contributed by atoms with van der Waals surface area (Å²) < 4.78 is 5.04. The van der Waals surface area contributed by atoms with Crippen molar-refractivity contribution in [2.24, 2.45) is 11.7 Å². The second-order valence-electron chi connectivity index (χ2n) is 5.65. The van der Waals surface area contributed by atoms with E-state index in [9.17, 15) is 9.59 Å². The Balaban J connectivity index is 1.83. The molecule has 0 aromatic heterocycles. The van der Waals surface area contributed by atoms with E-state index >= 15 is 0 Å². The van der Waals surface area contributed by atoms with E-state index in [-0.39, 0.29) is 17.8 Å². The molecule has 1 atom stereocenters. The first-order valence-electron chi connectivity index (χ1n) is 7.86. The fraction of sp³-hybridized carbons (Fsp3) is 0.529. The summed E-state index contributed by atoms with van der Waals surface area (Å²) in [6, 6.07) is 9.24. The summed E-state index contributed by atoms with van der Waals surface area (Å²) in [6.07, 6.45) is 1.85. The molecule has 1 fully saturated rings. The molecule has 0 bridgehead atoms. The third kappa shape index (κ3) is 4.31. The molecule has 5 heteroatoms. The zero-order valence-corrected chi connectivity index (χ0v) is 13.0. The molecule has 2 N–H and O–H groups in total. The Kier molecular flexibility index (Phi) is 5.95. The number of nitrogens with two attached hydrogens (primary N) is 1. The second kappa shape index (κ2) is 7.94. The number of benzene rings is 1. The summed E-state index contributed by atoms with van der Waals surface area (Å²) in [5, 5.41) is 0. The van der Waals surface area contributed by atoms with Crippen LogP contribution in [0.4, 0.5) is 0 Å². The Labute approximate surface area is 131 Å². The molecule has 120 valence electrons. The molecule has 1 amide bonds. The minimum absolute atomic E-state index is 0.0360.